The highest BCUT2D eigenvalue weighted by atomic mass is 32.2. The van der Waals surface area contributed by atoms with E-state index in [1.165, 1.54) is 16.4 Å². The van der Waals surface area contributed by atoms with Crippen molar-refractivity contribution in [3.63, 3.8) is 0 Å². The van der Waals surface area contributed by atoms with Gasteiger partial charge < -0.3 is 10.1 Å². The molecule has 1 aromatic carbocycles. The highest BCUT2D eigenvalue weighted by Gasteiger charge is 2.46. The smallest absolute Gasteiger partial charge is 0.406 e. The molecule has 1 aromatic rings. The van der Waals surface area contributed by atoms with Gasteiger partial charge in [-0.2, -0.15) is 4.31 Å². The van der Waals surface area contributed by atoms with Crippen LogP contribution in [0, 0.1) is 5.41 Å². The third-order valence-corrected chi connectivity index (χ3v) is 6.66. The van der Waals surface area contributed by atoms with Crippen LogP contribution in [0.4, 0.5) is 13.2 Å². The summed E-state index contributed by atoms with van der Waals surface area (Å²) in [6.45, 7) is 0.831. The van der Waals surface area contributed by atoms with Crippen molar-refractivity contribution in [2.45, 2.75) is 36.9 Å². The van der Waals surface area contributed by atoms with Gasteiger partial charge >= 0.3 is 6.36 Å². The molecule has 1 atom stereocenters. The largest absolute Gasteiger partial charge is 0.573 e. The van der Waals surface area contributed by atoms with E-state index >= 15 is 0 Å². The van der Waals surface area contributed by atoms with Crippen molar-refractivity contribution in [1.29, 1.82) is 0 Å². The highest BCUT2D eigenvalue weighted by Crippen LogP contribution is 2.39. The number of halogens is 3. The normalized spacial score (nSPS) is 25.1. The van der Waals surface area contributed by atoms with Crippen LogP contribution >= 0.6 is 0 Å². The lowest BCUT2D eigenvalue weighted by atomic mass is 9.74. The van der Waals surface area contributed by atoms with E-state index in [-0.39, 0.29) is 23.9 Å². The van der Waals surface area contributed by atoms with E-state index in [1.54, 1.807) is 0 Å². The van der Waals surface area contributed by atoms with Crippen LogP contribution in [0.25, 0.3) is 0 Å². The van der Waals surface area contributed by atoms with Gasteiger partial charge in [0.15, 0.2) is 0 Å². The summed E-state index contributed by atoms with van der Waals surface area (Å²) in [4.78, 5) is 12.0. The maximum absolute atomic E-state index is 12.9. The summed E-state index contributed by atoms with van der Waals surface area (Å²) in [6, 6.07) is 4.31. The van der Waals surface area contributed by atoms with Gasteiger partial charge in [-0.05, 0) is 37.8 Å². The van der Waals surface area contributed by atoms with E-state index in [0.29, 0.717) is 25.8 Å². The molecule has 0 saturated carbocycles. The van der Waals surface area contributed by atoms with E-state index in [2.05, 4.69) is 10.1 Å². The molecule has 2 heterocycles. The number of carbonyl (C=O) groups excluding carboxylic acids is 1. The number of sulfonamides is 1. The summed E-state index contributed by atoms with van der Waals surface area (Å²) in [7, 11) is -4.03. The van der Waals surface area contributed by atoms with Gasteiger partial charge in [0.1, 0.15) is 5.75 Å². The number of hydrogen-bond donors (Lipinski definition) is 1. The molecule has 0 aliphatic carbocycles. The Kier molecular flexibility index (Phi) is 4.91. The molecule has 6 nitrogen and oxygen atoms in total. The van der Waals surface area contributed by atoms with Gasteiger partial charge in [0, 0.05) is 25.7 Å². The molecule has 2 aliphatic heterocycles. The third kappa shape index (κ3) is 3.80. The molecule has 2 saturated heterocycles. The molecule has 1 N–H and O–H groups in total. The second-order valence-corrected chi connectivity index (χ2v) is 8.54. The number of hydrogen-bond acceptors (Lipinski definition) is 4. The quantitative estimate of drug-likeness (QED) is 0.856. The van der Waals surface area contributed by atoms with Crippen molar-refractivity contribution in [1.82, 2.24) is 9.62 Å². The molecule has 26 heavy (non-hydrogen) atoms. The van der Waals surface area contributed by atoms with Crippen LogP contribution in [0.1, 0.15) is 25.7 Å². The van der Waals surface area contributed by atoms with Gasteiger partial charge in [-0.1, -0.05) is 6.07 Å². The monoisotopic (exact) mass is 392 g/mol. The lowest BCUT2D eigenvalue weighted by Crippen LogP contribution is -2.55. The average molecular weight is 392 g/mol. The fourth-order valence-electron chi connectivity index (χ4n) is 3.59. The summed E-state index contributed by atoms with van der Waals surface area (Å²) < 4.78 is 67.9. The molecule has 2 aliphatic rings. The number of nitrogens with zero attached hydrogens (tertiary/aromatic N) is 1. The van der Waals surface area contributed by atoms with Gasteiger partial charge in [0.2, 0.25) is 15.9 Å². The molecule has 10 heteroatoms. The van der Waals surface area contributed by atoms with Crippen molar-refractivity contribution < 1.29 is 31.1 Å². The second kappa shape index (κ2) is 6.73. The number of piperidine rings is 2. The Morgan fingerprint density at radius 2 is 1.92 bits per heavy atom. The van der Waals surface area contributed by atoms with Crippen LogP contribution in [0.2, 0.25) is 0 Å². The summed E-state index contributed by atoms with van der Waals surface area (Å²) in [5, 5.41) is 2.78. The number of carbonyl (C=O) groups is 1. The van der Waals surface area contributed by atoms with Crippen LogP contribution in [0.3, 0.4) is 0 Å². The van der Waals surface area contributed by atoms with Crippen LogP contribution in [0.15, 0.2) is 29.2 Å². The zero-order valence-electron chi connectivity index (χ0n) is 13.9. The number of benzene rings is 1. The highest BCUT2D eigenvalue weighted by molar-refractivity contribution is 7.89. The number of alkyl halides is 3. The Morgan fingerprint density at radius 1 is 1.19 bits per heavy atom. The van der Waals surface area contributed by atoms with E-state index in [4.69, 9.17) is 0 Å². The molecule has 2 fully saturated rings. The number of nitrogens with one attached hydrogen (secondary N) is 1. The minimum atomic E-state index is -4.91. The van der Waals surface area contributed by atoms with Gasteiger partial charge in [0.05, 0.1) is 10.3 Å². The minimum absolute atomic E-state index is 0.0333. The van der Waals surface area contributed by atoms with Crippen LogP contribution in [-0.4, -0.2) is 44.6 Å². The van der Waals surface area contributed by atoms with Crippen molar-refractivity contribution in [2.75, 3.05) is 19.6 Å². The molecular formula is C16H19F3N2O4S. The molecule has 0 radical (unpaired) electrons. The molecule has 144 valence electrons. The van der Waals surface area contributed by atoms with Crippen molar-refractivity contribution in [2.24, 2.45) is 5.41 Å². The third-order valence-electron chi connectivity index (χ3n) is 4.82. The Morgan fingerprint density at radius 3 is 2.62 bits per heavy atom. The van der Waals surface area contributed by atoms with Gasteiger partial charge in [-0.25, -0.2) is 8.42 Å². The van der Waals surface area contributed by atoms with E-state index < -0.39 is 27.6 Å². The average Bonchev–Trinajstić information content (AvgIpc) is 2.57. The lowest BCUT2D eigenvalue weighted by molar-refractivity contribution is -0.274. The maximum atomic E-state index is 12.9. The molecule has 0 aromatic heterocycles. The molecule has 1 unspecified atom stereocenters. The fourth-order valence-corrected chi connectivity index (χ4v) is 5.19. The van der Waals surface area contributed by atoms with E-state index in [1.807, 2.05) is 0 Å². The fraction of sp³-hybridized carbons (Fsp3) is 0.562. The Bertz CT molecular complexity index is 793. The first-order chi connectivity index (χ1) is 12.1. The predicted molar refractivity (Wildman–Crippen MR) is 85.8 cm³/mol. The molecule has 0 bridgehead atoms. The summed E-state index contributed by atoms with van der Waals surface area (Å²) in [6.07, 6.45) is -2.41. The number of amides is 1. The first-order valence-corrected chi connectivity index (χ1v) is 9.71. The Hall–Kier alpha value is -1.81. The van der Waals surface area contributed by atoms with Crippen LogP contribution in [-0.2, 0) is 14.8 Å². The zero-order chi connectivity index (χ0) is 19.0. The van der Waals surface area contributed by atoms with Crippen LogP contribution in [0.5, 0.6) is 5.75 Å². The first kappa shape index (κ1) is 19.0. The summed E-state index contributed by atoms with van der Waals surface area (Å²) in [5.74, 6) is -0.751. The topological polar surface area (TPSA) is 75.7 Å². The molecule has 1 amide bonds. The number of ether oxygens (including phenoxy) is 1. The second-order valence-electron chi connectivity index (χ2n) is 6.60. The number of rotatable bonds is 3. The SMILES string of the molecule is O=C1NCCCC12CCCN(S(=O)(=O)c1cccc(OC(F)(F)F)c1)C2. The predicted octanol–water partition coefficient (Wildman–Crippen LogP) is 2.27. The molecular weight excluding hydrogens is 373 g/mol. The minimum Gasteiger partial charge on any atom is -0.406 e. The molecule has 3 rings (SSSR count). The van der Waals surface area contributed by atoms with Crippen molar-refractivity contribution in [3.8, 4) is 5.75 Å². The van der Waals surface area contributed by atoms with Gasteiger partial charge in [0.25, 0.3) is 0 Å². The zero-order valence-corrected chi connectivity index (χ0v) is 14.7. The first-order valence-electron chi connectivity index (χ1n) is 8.27. The van der Waals surface area contributed by atoms with Gasteiger partial charge in [-0.15, -0.1) is 13.2 Å². The standard InChI is InChI=1S/C16H19F3N2O4S/c17-16(18,19)25-12-4-1-5-13(10-12)26(23,24)21-9-3-7-15(11-21)6-2-8-20-14(15)22/h1,4-5,10H,2-3,6-9,11H2,(H,20,22). The van der Waals surface area contributed by atoms with E-state index in [0.717, 1.165) is 18.6 Å². The van der Waals surface area contributed by atoms with Crippen LogP contribution < -0.4 is 10.1 Å². The summed E-state index contributed by atoms with van der Waals surface area (Å²) in [5.41, 5.74) is -0.760. The summed E-state index contributed by atoms with van der Waals surface area (Å²) >= 11 is 0. The maximum Gasteiger partial charge on any atom is 0.573 e. The molecule has 1 spiro atoms. The Labute approximate surface area is 149 Å². The Balaban J connectivity index is 1.86. The van der Waals surface area contributed by atoms with E-state index in [9.17, 15) is 26.4 Å². The van der Waals surface area contributed by atoms with Crippen molar-refractivity contribution in [3.05, 3.63) is 24.3 Å². The van der Waals surface area contributed by atoms with Gasteiger partial charge in [-0.3, -0.25) is 4.79 Å². The van der Waals surface area contributed by atoms with Crippen molar-refractivity contribution >= 4 is 15.9 Å². The lowest BCUT2D eigenvalue weighted by Gasteiger charge is -2.43.